The zero-order valence-corrected chi connectivity index (χ0v) is 12.9. The fourth-order valence-electron chi connectivity index (χ4n) is 2.33. The van der Waals surface area contributed by atoms with Crippen LogP contribution in [0.1, 0.15) is 19.4 Å². The number of hydrogen-bond acceptors (Lipinski definition) is 2. The highest BCUT2D eigenvalue weighted by Gasteiger charge is 2.10. The van der Waals surface area contributed by atoms with Gasteiger partial charge in [-0.25, -0.2) is 0 Å². The number of fused-ring (bicyclic) bond motifs is 1. The van der Waals surface area contributed by atoms with E-state index in [1.807, 2.05) is 24.4 Å². The predicted molar refractivity (Wildman–Crippen MR) is 83.2 cm³/mol. The molecule has 0 fully saturated rings. The average molecular weight is 293 g/mol. The Morgan fingerprint density at radius 2 is 2.19 bits per heavy atom. The molecule has 5 heteroatoms. The van der Waals surface area contributed by atoms with Gasteiger partial charge in [-0.2, -0.15) is 0 Å². The second kappa shape index (κ2) is 7.45. The summed E-state index contributed by atoms with van der Waals surface area (Å²) in [6.07, 6.45) is 2.54. The summed E-state index contributed by atoms with van der Waals surface area (Å²) in [5.41, 5.74) is 6.28. The Hall–Kier alpha value is -1.56. The fourth-order valence-corrected chi connectivity index (χ4v) is 2.33. The van der Waals surface area contributed by atoms with Crippen LogP contribution in [-0.2, 0) is 6.42 Å². The number of aliphatic hydroxyl groups is 1. The molecule has 5 nitrogen and oxygen atoms in total. The Morgan fingerprint density at radius 3 is 2.90 bits per heavy atom. The van der Waals surface area contributed by atoms with Crippen LogP contribution in [0.4, 0.5) is 0 Å². The molecule has 0 saturated carbocycles. The number of ether oxygens (including phenoxy) is 1. The van der Waals surface area contributed by atoms with E-state index in [0.29, 0.717) is 19.2 Å². The molecule has 1 aromatic heterocycles. The van der Waals surface area contributed by atoms with Crippen molar-refractivity contribution in [3.8, 4) is 5.75 Å². The van der Waals surface area contributed by atoms with Crippen molar-refractivity contribution < 1.29 is 20.9 Å². The van der Waals surface area contributed by atoms with Crippen LogP contribution in [0.3, 0.4) is 0 Å². The van der Waals surface area contributed by atoms with Gasteiger partial charge in [-0.15, -0.1) is 0 Å². The van der Waals surface area contributed by atoms with Crippen LogP contribution >= 0.6 is 0 Å². The number of aromatic nitrogens is 1. The van der Waals surface area contributed by atoms with Gasteiger partial charge in [0.15, 0.2) is 0 Å². The molecule has 7 N–H and O–H groups in total. The second-order valence-electron chi connectivity index (χ2n) is 5.81. The first-order valence-corrected chi connectivity index (χ1v) is 7.63. The van der Waals surface area contributed by atoms with E-state index in [1.54, 1.807) is 0 Å². The summed E-state index contributed by atoms with van der Waals surface area (Å²) in [4.78, 5) is 3.26. The minimum absolute atomic E-state index is 0.323. The van der Waals surface area contributed by atoms with Crippen LogP contribution < -0.4 is 15.8 Å². The van der Waals surface area contributed by atoms with E-state index in [-0.39, 0.29) is 0 Å². The van der Waals surface area contributed by atoms with Gasteiger partial charge in [-0.3, -0.25) is 0 Å². The highest BCUT2D eigenvalue weighted by atomic mass is 16.5. The second-order valence-corrected chi connectivity index (χ2v) is 5.81. The standard InChI is InChI=1S/C16H25N3O2/c1-11(2)18-9-13(20)10-21-14-3-4-16-15(7-14)12(5-6-17)8-19-16/h3-4,7-8,11,13,18-20H,5-6,9-10,17H2,1-2H3/p+2. The van der Waals surface area contributed by atoms with Crippen LogP contribution in [-0.4, -0.2) is 41.9 Å². The van der Waals surface area contributed by atoms with Crippen molar-refractivity contribution in [1.82, 2.24) is 4.98 Å². The summed E-state index contributed by atoms with van der Waals surface area (Å²) in [7, 11) is 0. The molecule has 1 aromatic carbocycles. The Bertz CT molecular complexity index is 566. The lowest BCUT2D eigenvalue weighted by molar-refractivity contribution is -0.688. The van der Waals surface area contributed by atoms with Crippen LogP contribution in [0.15, 0.2) is 24.4 Å². The molecule has 0 aliphatic carbocycles. The van der Waals surface area contributed by atoms with Gasteiger partial charge in [0.1, 0.15) is 25.0 Å². The molecular weight excluding hydrogens is 266 g/mol. The topological polar surface area (TPSA) is 89.5 Å². The van der Waals surface area contributed by atoms with Gasteiger partial charge in [0.25, 0.3) is 0 Å². The number of aliphatic hydroxyl groups excluding tert-OH is 1. The van der Waals surface area contributed by atoms with Crippen molar-refractivity contribution in [2.24, 2.45) is 0 Å². The molecule has 0 saturated heterocycles. The monoisotopic (exact) mass is 293 g/mol. The molecule has 21 heavy (non-hydrogen) atoms. The summed E-state index contributed by atoms with van der Waals surface area (Å²) in [5, 5.41) is 13.2. The number of rotatable bonds is 8. The van der Waals surface area contributed by atoms with Crippen molar-refractivity contribution in [1.29, 1.82) is 0 Å². The quantitative estimate of drug-likeness (QED) is 0.536. The third-order valence-electron chi connectivity index (χ3n) is 3.51. The van der Waals surface area contributed by atoms with Gasteiger partial charge in [-0.05, 0) is 37.6 Å². The lowest BCUT2D eigenvalue weighted by Crippen LogP contribution is -2.90. The van der Waals surface area contributed by atoms with E-state index in [1.165, 1.54) is 10.9 Å². The van der Waals surface area contributed by atoms with Gasteiger partial charge in [0.2, 0.25) is 0 Å². The summed E-state index contributed by atoms with van der Waals surface area (Å²) in [5.74, 6) is 0.802. The van der Waals surface area contributed by atoms with Crippen LogP contribution in [0.5, 0.6) is 5.75 Å². The van der Waals surface area contributed by atoms with Crippen LogP contribution in [0.25, 0.3) is 10.9 Å². The van der Waals surface area contributed by atoms with Crippen LogP contribution in [0.2, 0.25) is 0 Å². The summed E-state index contributed by atoms with van der Waals surface area (Å²) in [6.45, 7) is 6.08. The number of quaternary nitrogens is 2. The first kappa shape index (κ1) is 15.8. The van der Waals surface area contributed by atoms with E-state index in [2.05, 4.69) is 29.9 Å². The first-order valence-electron chi connectivity index (χ1n) is 7.63. The van der Waals surface area contributed by atoms with Crippen LogP contribution in [0, 0.1) is 0 Å². The Labute approximate surface area is 125 Å². The smallest absolute Gasteiger partial charge is 0.137 e. The van der Waals surface area contributed by atoms with Crippen molar-refractivity contribution in [3.63, 3.8) is 0 Å². The molecule has 116 valence electrons. The molecule has 2 rings (SSSR count). The molecule has 0 radical (unpaired) electrons. The normalized spacial score (nSPS) is 13.0. The lowest BCUT2D eigenvalue weighted by atomic mass is 10.1. The Morgan fingerprint density at radius 1 is 1.38 bits per heavy atom. The van der Waals surface area contributed by atoms with Gasteiger partial charge in [0, 0.05) is 23.5 Å². The predicted octanol–water partition coefficient (Wildman–Crippen LogP) is -0.336. The maximum atomic E-state index is 9.90. The number of nitrogens with one attached hydrogen (secondary N) is 1. The van der Waals surface area contributed by atoms with E-state index < -0.39 is 6.10 Å². The maximum Gasteiger partial charge on any atom is 0.137 e. The molecule has 0 bridgehead atoms. The summed E-state index contributed by atoms with van der Waals surface area (Å²) >= 11 is 0. The highest BCUT2D eigenvalue weighted by Crippen LogP contribution is 2.24. The minimum atomic E-state index is -0.450. The molecular formula is C16H27N3O2+2. The third kappa shape index (κ3) is 4.46. The van der Waals surface area contributed by atoms with Gasteiger partial charge < -0.3 is 25.9 Å². The fraction of sp³-hybridized carbons (Fsp3) is 0.500. The summed E-state index contributed by atoms with van der Waals surface area (Å²) in [6, 6.07) is 6.48. The molecule has 0 aliphatic heterocycles. The summed E-state index contributed by atoms with van der Waals surface area (Å²) < 4.78 is 5.71. The molecule has 1 heterocycles. The zero-order chi connectivity index (χ0) is 15.2. The van der Waals surface area contributed by atoms with Crippen molar-refractivity contribution in [2.45, 2.75) is 32.4 Å². The van der Waals surface area contributed by atoms with E-state index in [0.717, 1.165) is 24.2 Å². The number of H-pyrrole nitrogens is 1. The number of hydrogen-bond donors (Lipinski definition) is 4. The molecule has 2 aromatic rings. The molecule has 0 aliphatic rings. The molecule has 1 atom stereocenters. The van der Waals surface area contributed by atoms with Crippen molar-refractivity contribution >= 4 is 10.9 Å². The van der Waals surface area contributed by atoms with Crippen molar-refractivity contribution in [3.05, 3.63) is 30.0 Å². The molecule has 1 unspecified atom stereocenters. The van der Waals surface area contributed by atoms with E-state index >= 15 is 0 Å². The average Bonchev–Trinajstić information content (AvgIpc) is 2.86. The number of aromatic amines is 1. The highest BCUT2D eigenvalue weighted by molar-refractivity contribution is 5.84. The van der Waals surface area contributed by atoms with E-state index in [4.69, 9.17) is 4.74 Å². The lowest BCUT2D eigenvalue weighted by Gasteiger charge is -2.13. The zero-order valence-electron chi connectivity index (χ0n) is 12.9. The molecule has 0 spiro atoms. The SMILES string of the molecule is CC(C)[NH2+]CC(O)COc1ccc2[nH]cc(CC[NH3+])c2c1. The molecule has 0 amide bonds. The Kier molecular flexibility index (Phi) is 5.61. The third-order valence-corrected chi connectivity index (χ3v) is 3.51. The van der Waals surface area contributed by atoms with Gasteiger partial charge >= 0.3 is 0 Å². The maximum absolute atomic E-state index is 9.90. The largest absolute Gasteiger partial charge is 0.491 e. The van der Waals surface area contributed by atoms with Gasteiger partial charge in [0.05, 0.1) is 12.6 Å². The number of benzene rings is 1. The Balaban J connectivity index is 1.97. The number of nitrogens with two attached hydrogens (primary N) is 1. The first-order chi connectivity index (χ1) is 10.1. The van der Waals surface area contributed by atoms with Gasteiger partial charge in [-0.1, -0.05) is 0 Å². The van der Waals surface area contributed by atoms with Crippen molar-refractivity contribution in [2.75, 3.05) is 19.7 Å². The minimum Gasteiger partial charge on any atom is -0.491 e. The van der Waals surface area contributed by atoms with E-state index in [9.17, 15) is 5.11 Å².